The summed E-state index contributed by atoms with van der Waals surface area (Å²) in [5.41, 5.74) is 7.54. The first kappa shape index (κ1) is 22.7. The van der Waals surface area contributed by atoms with Crippen molar-refractivity contribution in [3.8, 4) is 0 Å². The van der Waals surface area contributed by atoms with E-state index < -0.39 is 0 Å². The first-order valence-corrected chi connectivity index (χ1v) is 3.02. The molecule has 0 rings (SSSR count). The monoisotopic (exact) mass is 248 g/mol. The standard InChI is InChI=1S/2C4H7N.2Mn/c2*1-3-4(2)5;;/h1,3H2,2H3;3,5H,1H2,2H3;;/q2*-2;2*+3. The Morgan fingerprint density at radius 2 is 1.58 bits per heavy atom. The molecule has 68 valence electrons. The fourth-order valence-electron chi connectivity index (χ4n) is 0. The predicted molar refractivity (Wildman–Crippen MR) is 47.4 cm³/mol. The van der Waals surface area contributed by atoms with Gasteiger partial charge in [-0.3, -0.25) is 6.08 Å². The Morgan fingerprint density at radius 1 is 1.42 bits per heavy atom. The van der Waals surface area contributed by atoms with Crippen molar-refractivity contribution >= 4 is 5.71 Å². The van der Waals surface area contributed by atoms with Crippen LogP contribution in [-0.2, 0) is 34.1 Å². The number of hydrogen-bond acceptors (Lipinski definition) is 0. The van der Waals surface area contributed by atoms with Crippen molar-refractivity contribution in [1.29, 1.82) is 0 Å². The molecule has 0 saturated carbocycles. The molecule has 0 heterocycles. The molecule has 0 aliphatic rings. The zero-order chi connectivity index (χ0) is 8.57. The predicted octanol–water partition coefficient (Wildman–Crippen LogP) is 3.01. The molecule has 1 N–H and O–H groups in total. The summed E-state index contributed by atoms with van der Waals surface area (Å²) in [6.45, 7) is 10.1. The average Bonchev–Trinajstić information content (AvgIpc) is 1.89. The Bertz CT molecular complexity index is 118. The molecule has 0 atom stereocenters. The molecule has 4 heteroatoms. The van der Waals surface area contributed by atoms with Crippen molar-refractivity contribution in [2.24, 2.45) is 0 Å². The molecule has 0 radical (unpaired) electrons. The van der Waals surface area contributed by atoms with Crippen molar-refractivity contribution in [3.05, 3.63) is 36.8 Å². The molecule has 2 nitrogen and oxygen atoms in total. The first-order valence-electron chi connectivity index (χ1n) is 3.02. The molecule has 0 spiro atoms. The van der Waals surface area contributed by atoms with Gasteiger partial charge >= 0.3 is 34.1 Å². The molecular formula is C8H14Mn2N2+2. The number of nitrogens with one attached hydrogen (secondary N) is 1. The van der Waals surface area contributed by atoms with Gasteiger partial charge in [-0.05, 0) is 0 Å². The molecular weight excluding hydrogens is 234 g/mol. The van der Waals surface area contributed by atoms with Gasteiger partial charge in [-0.2, -0.15) is 6.42 Å². The van der Waals surface area contributed by atoms with Gasteiger partial charge < -0.3 is 23.8 Å². The minimum atomic E-state index is 0. The molecule has 0 saturated heterocycles. The number of allylic oxidation sites excluding steroid dienone is 2. The van der Waals surface area contributed by atoms with Gasteiger partial charge in [0.05, 0.1) is 0 Å². The summed E-state index contributed by atoms with van der Waals surface area (Å²) < 4.78 is 0. The van der Waals surface area contributed by atoms with Gasteiger partial charge in [0.15, 0.2) is 0 Å². The molecule has 0 aromatic rings. The molecule has 0 fully saturated rings. The molecule has 0 aromatic heterocycles. The van der Waals surface area contributed by atoms with Crippen LogP contribution < -0.4 is 0 Å². The van der Waals surface area contributed by atoms with E-state index in [4.69, 9.17) is 11.1 Å². The third-order valence-electron chi connectivity index (χ3n) is 0.668. The van der Waals surface area contributed by atoms with Crippen LogP contribution in [0.4, 0.5) is 0 Å². The van der Waals surface area contributed by atoms with Crippen LogP contribution in [0.1, 0.15) is 20.3 Å². The van der Waals surface area contributed by atoms with Crippen LogP contribution in [-0.4, -0.2) is 5.71 Å². The summed E-state index contributed by atoms with van der Waals surface area (Å²) in [5, 5.41) is 8.22. The van der Waals surface area contributed by atoms with Crippen LogP contribution in [0.15, 0.2) is 11.8 Å². The molecule has 0 bridgehead atoms. The largest absolute Gasteiger partial charge is 3.00 e. The van der Waals surface area contributed by atoms with E-state index in [1.807, 2.05) is 0 Å². The fraction of sp³-hybridized carbons (Fsp3) is 0.375. The Balaban J connectivity index is -0.0000000457. The first-order chi connectivity index (χ1) is 4.54. The summed E-state index contributed by atoms with van der Waals surface area (Å²) in [4.78, 5) is 0. The van der Waals surface area contributed by atoms with E-state index in [9.17, 15) is 0 Å². The van der Waals surface area contributed by atoms with Crippen LogP contribution in [0.5, 0.6) is 0 Å². The Morgan fingerprint density at radius 3 is 1.58 bits per heavy atom. The maximum absolute atomic E-state index is 8.22. The zero-order valence-corrected chi connectivity index (χ0v) is 9.76. The molecule has 0 aromatic carbocycles. The summed E-state index contributed by atoms with van der Waals surface area (Å²) in [5.74, 6) is 0. The van der Waals surface area contributed by atoms with E-state index in [0.29, 0.717) is 17.8 Å². The van der Waals surface area contributed by atoms with Crippen molar-refractivity contribution in [2.75, 3.05) is 0 Å². The number of rotatable bonds is 1. The average molecular weight is 248 g/mol. The third-order valence-corrected chi connectivity index (χ3v) is 0.668. The van der Waals surface area contributed by atoms with Crippen molar-refractivity contribution < 1.29 is 34.1 Å². The van der Waals surface area contributed by atoms with E-state index in [1.54, 1.807) is 13.8 Å². The van der Waals surface area contributed by atoms with Gasteiger partial charge in [0.2, 0.25) is 0 Å². The van der Waals surface area contributed by atoms with Crippen molar-refractivity contribution in [3.63, 3.8) is 0 Å². The summed E-state index contributed by atoms with van der Waals surface area (Å²) in [7, 11) is 0. The molecule has 0 aliphatic heterocycles. The van der Waals surface area contributed by atoms with E-state index >= 15 is 0 Å². The molecule has 0 unspecified atom stereocenters. The molecule has 12 heavy (non-hydrogen) atoms. The molecule has 0 aliphatic carbocycles. The quantitative estimate of drug-likeness (QED) is 0.389. The molecule has 0 amide bonds. The Hall–Kier alpha value is 0.119. The second-order valence-electron chi connectivity index (χ2n) is 1.87. The van der Waals surface area contributed by atoms with Gasteiger partial charge in [0, 0.05) is 0 Å². The van der Waals surface area contributed by atoms with Crippen LogP contribution >= 0.6 is 0 Å². The van der Waals surface area contributed by atoms with Crippen LogP contribution in [0.2, 0.25) is 0 Å². The van der Waals surface area contributed by atoms with Crippen LogP contribution in [0.25, 0.3) is 11.1 Å². The second kappa shape index (κ2) is 17.3. The number of nitrogens with zero attached hydrogens (tertiary/aromatic N) is 1. The maximum Gasteiger partial charge on any atom is 3.00 e. The van der Waals surface area contributed by atoms with E-state index in [-0.39, 0.29) is 34.1 Å². The third kappa shape index (κ3) is 49.6. The van der Waals surface area contributed by atoms with Crippen LogP contribution in [0.3, 0.4) is 0 Å². The Kier molecular flexibility index (Phi) is 32.7. The van der Waals surface area contributed by atoms with Gasteiger partial charge in [0.1, 0.15) is 0 Å². The summed E-state index contributed by atoms with van der Waals surface area (Å²) in [6, 6.07) is 0. The van der Waals surface area contributed by atoms with Crippen molar-refractivity contribution in [1.82, 2.24) is 0 Å². The minimum absolute atomic E-state index is 0. The van der Waals surface area contributed by atoms with E-state index in [1.165, 1.54) is 6.08 Å². The van der Waals surface area contributed by atoms with Gasteiger partial charge in [-0.1, -0.05) is 6.92 Å². The van der Waals surface area contributed by atoms with Crippen LogP contribution in [0, 0.1) is 13.8 Å². The topological polar surface area (TPSA) is 46.1 Å². The van der Waals surface area contributed by atoms with Crippen molar-refractivity contribution in [2.45, 2.75) is 20.3 Å². The summed E-state index contributed by atoms with van der Waals surface area (Å²) in [6.07, 6.45) is 2.03. The summed E-state index contributed by atoms with van der Waals surface area (Å²) >= 11 is 0. The van der Waals surface area contributed by atoms with Gasteiger partial charge in [0.25, 0.3) is 0 Å². The minimum Gasteiger partial charge on any atom is -0.814 e. The second-order valence-corrected chi connectivity index (χ2v) is 1.87. The maximum atomic E-state index is 8.22. The van der Waals surface area contributed by atoms with Gasteiger partial charge in [-0.15, -0.1) is 6.92 Å². The smallest absolute Gasteiger partial charge is 0.814 e. The number of hydrogen-bond donors (Lipinski definition) is 0. The fourth-order valence-corrected chi connectivity index (χ4v) is 0. The van der Waals surface area contributed by atoms with Gasteiger partial charge in [-0.25, -0.2) is 12.6 Å². The van der Waals surface area contributed by atoms with E-state index in [2.05, 4.69) is 13.8 Å². The zero-order valence-electron chi connectivity index (χ0n) is 7.40. The normalized spacial score (nSPS) is 8.08. The Labute approximate surface area is 96.8 Å². The van der Waals surface area contributed by atoms with E-state index in [0.717, 1.165) is 0 Å². The SMILES string of the molecule is [CH2-]C=C(C)[NH-].[CH2-]CC(C)=[N-].[Mn+3].[Mn+3].